The summed E-state index contributed by atoms with van der Waals surface area (Å²) in [6.45, 7) is 2.39. The molecule has 0 aliphatic carbocycles. The molecule has 0 saturated carbocycles. The largest absolute Gasteiger partial charge is 0.396 e. The lowest BCUT2D eigenvalue weighted by Crippen LogP contribution is -2.43. The second-order valence-electron chi connectivity index (χ2n) is 5.14. The van der Waals surface area contributed by atoms with Gasteiger partial charge in [-0.05, 0) is 37.6 Å². The number of hydrogen-bond donors (Lipinski definition) is 2. The van der Waals surface area contributed by atoms with Crippen molar-refractivity contribution in [2.75, 3.05) is 26.2 Å². The summed E-state index contributed by atoms with van der Waals surface area (Å²) in [6, 6.07) is 0. The highest BCUT2D eigenvalue weighted by molar-refractivity contribution is 5.76. The number of unbranched alkanes of at least 4 members (excludes halogenated alkanes) is 2. The number of likely N-dealkylation sites (tertiary alicyclic amines) is 1. The van der Waals surface area contributed by atoms with Crippen LogP contribution in [-0.2, 0) is 4.79 Å². The van der Waals surface area contributed by atoms with E-state index in [1.807, 2.05) is 4.90 Å². The second-order valence-corrected chi connectivity index (χ2v) is 5.14. The van der Waals surface area contributed by atoms with Crippen molar-refractivity contribution < 1.29 is 11.3 Å². The van der Waals surface area contributed by atoms with Gasteiger partial charge >= 0.3 is 0 Å². The Morgan fingerprint density at radius 3 is 2.65 bits per heavy atom. The van der Waals surface area contributed by atoms with Gasteiger partial charge in [0.1, 0.15) is 0 Å². The average Bonchev–Trinajstić information content (AvgIpc) is 2.43. The molecule has 0 bridgehead atoms. The highest BCUT2D eigenvalue weighted by Gasteiger charge is 2.30. The standard InChI is InChI=1S/C13H26N2O2/c1-13(11-16)6-9-15(10-7-13)12(17)5-3-2-4-8-14/h16H,2-11,14H2,1H3/i1D. The topological polar surface area (TPSA) is 66.6 Å². The van der Waals surface area contributed by atoms with Gasteiger partial charge in [-0.15, -0.1) is 0 Å². The minimum Gasteiger partial charge on any atom is -0.396 e. The van der Waals surface area contributed by atoms with E-state index in [0.29, 0.717) is 26.1 Å². The van der Waals surface area contributed by atoms with Crippen molar-refractivity contribution in [3.05, 3.63) is 0 Å². The van der Waals surface area contributed by atoms with Crippen LogP contribution in [0.4, 0.5) is 0 Å². The Morgan fingerprint density at radius 1 is 1.41 bits per heavy atom. The zero-order valence-corrected chi connectivity index (χ0v) is 10.7. The summed E-state index contributed by atoms with van der Waals surface area (Å²) in [4.78, 5) is 13.8. The Hall–Kier alpha value is -0.610. The van der Waals surface area contributed by atoms with Crippen molar-refractivity contribution in [3.8, 4) is 0 Å². The summed E-state index contributed by atoms with van der Waals surface area (Å²) in [6.07, 6.45) is 5.02. The van der Waals surface area contributed by atoms with Gasteiger partial charge in [-0.25, -0.2) is 0 Å². The molecular formula is C13H26N2O2. The van der Waals surface area contributed by atoms with Crippen molar-refractivity contribution >= 4 is 5.91 Å². The number of hydrogen-bond acceptors (Lipinski definition) is 3. The molecule has 1 saturated heterocycles. The number of nitrogens with two attached hydrogens (primary N) is 1. The Kier molecular flexibility index (Phi) is 5.26. The van der Waals surface area contributed by atoms with Crippen molar-refractivity contribution in [1.29, 1.82) is 0 Å². The maximum atomic E-state index is 11.9. The Labute approximate surface area is 106 Å². The average molecular weight is 243 g/mol. The van der Waals surface area contributed by atoms with Crippen LogP contribution in [0.3, 0.4) is 0 Å². The number of carbonyl (C=O) groups excluding carboxylic acids is 1. The van der Waals surface area contributed by atoms with E-state index >= 15 is 0 Å². The molecule has 1 amide bonds. The first-order chi connectivity index (χ1) is 8.67. The van der Waals surface area contributed by atoms with Crippen LogP contribution in [0.2, 0.25) is 0 Å². The SMILES string of the molecule is [2H]CC1(CO)CCN(C(=O)CCCCCN)CC1. The van der Waals surface area contributed by atoms with Gasteiger partial charge in [0.15, 0.2) is 0 Å². The fraction of sp³-hybridized carbons (Fsp3) is 0.923. The smallest absolute Gasteiger partial charge is 0.222 e. The monoisotopic (exact) mass is 243 g/mol. The first kappa shape index (κ1) is 12.8. The Balaban J connectivity index is 2.27. The minimum atomic E-state index is -0.268. The second kappa shape index (κ2) is 6.97. The van der Waals surface area contributed by atoms with Crippen LogP contribution in [0, 0.1) is 5.41 Å². The molecule has 1 fully saturated rings. The van der Waals surface area contributed by atoms with Crippen molar-refractivity contribution in [1.82, 2.24) is 4.90 Å². The molecule has 1 heterocycles. The summed E-state index contributed by atoms with van der Waals surface area (Å²) >= 11 is 0. The zero-order chi connectivity index (χ0) is 13.4. The van der Waals surface area contributed by atoms with E-state index < -0.39 is 0 Å². The van der Waals surface area contributed by atoms with E-state index in [9.17, 15) is 9.90 Å². The molecule has 100 valence electrons. The third kappa shape index (κ3) is 4.64. The molecule has 0 aromatic heterocycles. The molecule has 0 unspecified atom stereocenters. The molecular weight excluding hydrogens is 216 g/mol. The van der Waals surface area contributed by atoms with Gasteiger partial charge in [-0.3, -0.25) is 4.79 Å². The van der Waals surface area contributed by atoms with Gasteiger partial charge in [0.2, 0.25) is 5.91 Å². The third-order valence-corrected chi connectivity index (χ3v) is 3.61. The van der Waals surface area contributed by atoms with Gasteiger partial charge in [0.05, 0.1) is 0 Å². The van der Waals surface area contributed by atoms with E-state index in [1.165, 1.54) is 0 Å². The number of piperidine rings is 1. The number of nitrogens with zero attached hydrogens (tertiary/aromatic N) is 1. The van der Waals surface area contributed by atoms with Crippen LogP contribution in [0.15, 0.2) is 0 Å². The van der Waals surface area contributed by atoms with Crippen molar-refractivity contribution in [2.24, 2.45) is 11.1 Å². The van der Waals surface area contributed by atoms with Crippen LogP contribution < -0.4 is 5.73 Å². The summed E-state index contributed by atoms with van der Waals surface area (Å²) < 4.78 is 7.50. The van der Waals surface area contributed by atoms with Gasteiger partial charge < -0.3 is 15.7 Å². The predicted molar refractivity (Wildman–Crippen MR) is 68.5 cm³/mol. The molecule has 17 heavy (non-hydrogen) atoms. The molecule has 3 N–H and O–H groups in total. The highest BCUT2D eigenvalue weighted by atomic mass is 16.3. The fourth-order valence-electron chi connectivity index (χ4n) is 2.14. The first-order valence-electron chi connectivity index (χ1n) is 7.26. The lowest BCUT2D eigenvalue weighted by atomic mass is 9.81. The molecule has 0 atom stereocenters. The summed E-state index contributed by atoms with van der Waals surface area (Å²) in [7, 11) is 0. The van der Waals surface area contributed by atoms with E-state index in [2.05, 4.69) is 0 Å². The zero-order valence-electron chi connectivity index (χ0n) is 11.7. The van der Waals surface area contributed by atoms with Gasteiger partial charge in [-0.1, -0.05) is 13.3 Å². The fourth-order valence-corrected chi connectivity index (χ4v) is 2.14. The van der Waals surface area contributed by atoms with Crippen LogP contribution in [0.1, 0.15) is 46.8 Å². The molecule has 4 nitrogen and oxygen atoms in total. The van der Waals surface area contributed by atoms with Crippen LogP contribution in [-0.4, -0.2) is 42.2 Å². The van der Waals surface area contributed by atoms with E-state index in [1.54, 1.807) is 0 Å². The van der Waals surface area contributed by atoms with Crippen LogP contribution in [0.25, 0.3) is 0 Å². The number of amides is 1. The number of aliphatic hydroxyl groups excluding tert-OH is 1. The maximum absolute atomic E-state index is 11.9. The van der Waals surface area contributed by atoms with Gasteiger partial charge in [-0.2, -0.15) is 0 Å². The van der Waals surface area contributed by atoms with Gasteiger partial charge in [0.25, 0.3) is 0 Å². The van der Waals surface area contributed by atoms with E-state index in [-0.39, 0.29) is 24.8 Å². The Bertz CT molecular complexity index is 247. The van der Waals surface area contributed by atoms with Crippen molar-refractivity contribution in [2.45, 2.75) is 45.4 Å². The van der Waals surface area contributed by atoms with Gasteiger partial charge in [0, 0.05) is 27.5 Å². The lowest BCUT2D eigenvalue weighted by Gasteiger charge is -2.38. The molecule has 1 aliphatic heterocycles. The Morgan fingerprint density at radius 2 is 2.12 bits per heavy atom. The molecule has 0 spiro atoms. The summed E-state index contributed by atoms with van der Waals surface area (Å²) in [5, 5.41) is 9.33. The quantitative estimate of drug-likeness (QED) is 0.687. The van der Waals surface area contributed by atoms with Crippen molar-refractivity contribution in [3.63, 3.8) is 0 Å². The molecule has 0 aromatic rings. The first-order valence-corrected chi connectivity index (χ1v) is 6.55. The van der Waals surface area contributed by atoms with Crippen LogP contribution in [0.5, 0.6) is 0 Å². The van der Waals surface area contributed by atoms with Crippen LogP contribution >= 0.6 is 0 Å². The number of rotatable bonds is 6. The molecule has 1 rings (SSSR count). The van der Waals surface area contributed by atoms with E-state index in [4.69, 9.17) is 7.10 Å². The highest BCUT2D eigenvalue weighted by Crippen LogP contribution is 2.30. The predicted octanol–water partition coefficient (Wildman–Crippen LogP) is 1.13. The normalized spacial score (nSPS) is 20.1. The third-order valence-electron chi connectivity index (χ3n) is 3.61. The summed E-state index contributed by atoms with van der Waals surface area (Å²) in [5.41, 5.74) is 5.14. The minimum absolute atomic E-state index is 0.0645. The molecule has 1 aliphatic rings. The number of aliphatic hydroxyl groups is 1. The lowest BCUT2D eigenvalue weighted by molar-refractivity contribution is -0.133. The molecule has 4 heteroatoms. The van der Waals surface area contributed by atoms with E-state index in [0.717, 1.165) is 32.1 Å². The maximum Gasteiger partial charge on any atom is 0.222 e. The molecule has 0 aromatic carbocycles. The molecule has 0 radical (unpaired) electrons. The summed E-state index contributed by atoms with van der Waals surface area (Å²) in [5.74, 6) is 0.212. The number of carbonyl (C=O) groups is 1.